The van der Waals surface area contributed by atoms with Gasteiger partial charge in [0.1, 0.15) is 5.76 Å². The van der Waals surface area contributed by atoms with E-state index in [1.807, 2.05) is 36.8 Å². The molecule has 3 aliphatic heterocycles. The van der Waals surface area contributed by atoms with Crippen LogP contribution in [0.15, 0.2) is 41.1 Å². The van der Waals surface area contributed by atoms with Gasteiger partial charge in [0, 0.05) is 44.6 Å². The standard InChI is InChI=1S/C20H25N3O2S/c1-26-14-18-6-7-19(25-18)20(24)23-12-16-4-5-17(23)13-22(11-16)10-15-3-2-8-21-9-15/h2-3,6-9,16-17H,4-5,10-14H2,1H3. The second-order valence-electron chi connectivity index (χ2n) is 7.31. The van der Waals surface area contributed by atoms with Crippen molar-refractivity contribution in [2.45, 2.75) is 31.2 Å². The molecule has 6 heteroatoms. The number of hydrogen-bond donors (Lipinski definition) is 0. The minimum atomic E-state index is 0.0512. The number of aromatic nitrogens is 1. The molecular formula is C20H25N3O2S. The third-order valence-corrected chi connectivity index (χ3v) is 5.91. The molecule has 2 aromatic heterocycles. The molecule has 5 nitrogen and oxygen atoms in total. The summed E-state index contributed by atoms with van der Waals surface area (Å²) in [5.74, 6) is 2.75. The number of thioether (sulfide) groups is 1. The van der Waals surface area contributed by atoms with E-state index in [1.54, 1.807) is 11.8 Å². The lowest BCUT2D eigenvalue weighted by atomic mass is 9.95. The Morgan fingerprint density at radius 2 is 2.19 bits per heavy atom. The van der Waals surface area contributed by atoms with Crippen LogP contribution in [-0.2, 0) is 12.3 Å². The summed E-state index contributed by atoms with van der Waals surface area (Å²) in [5, 5.41) is 0. The number of furan rings is 1. The minimum absolute atomic E-state index is 0.0512. The van der Waals surface area contributed by atoms with Gasteiger partial charge in [0.05, 0.1) is 5.75 Å². The first-order valence-electron chi connectivity index (χ1n) is 9.23. The van der Waals surface area contributed by atoms with Gasteiger partial charge in [0.15, 0.2) is 5.76 Å². The number of amides is 1. The van der Waals surface area contributed by atoms with Gasteiger partial charge < -0.3 is 9.32 Å². The first-order valence-corrected chi connectivity index (χ1v) is 10.6. The lowest BCUT2D eigenvalue weighted by molar-refractivity contribution is 0.0551. The fourth-order valence-electron chi connectivity index (χ4n) is 4.16. The van der Waals surface area contributed by atoms with Gasteiger partial charge in [0.25, 0.3) is 5.91 Å². The average Bonchev–Trinajstić information content (AvgIpc) is 2.95. The topological polar surface area (TPSA) is 49.6 Å². The van der Waals surface area contributed by atoms with Crippen LogP contribution in [0.2, 0.25) is 0 Å². The summed E-state index contributed by atoms with van der Waals surface area (Å²) in [4.78, 5) is 21.8. The molecule has 0 spiro atoms. The molecule has 138 valence electrons. The maximum absolute atomic E-state index is 13.0. The zero-order valence-electron chi connectivity index (χ0n) is 15.1. The number of piperidine rings is 1. The Labute approximate surface area is 158 Å². The molecule has 0 aliphatic carbocycles. The summed E-state index contributed by atoms with van der Waals surface area (Å²) < 4.78 is 5.78. The Hall–Kier alpha value is -1.79. The highest BCUT2D eigenvalue weighted by Gasteiger charge is 2.38. The Bertz CT molecular complexity index is 749. The fourth-order valence-corrected chi connectivity index (χ4v) is 4.60. The lowest BCUT2D eigenvalue weighted by Crippen LogP contribution is -2.47. The van der Waals surface area contributed by atoms with Crippen molar-refractivity contribution in [3.63, 3.8) is 0 Å². The molecule has 5 rings (SSSR count). The van der Waals surface area contributed by atoms with E-state index < -0.39 is 0 Å². The first-order chi connectivity index (χ1) is 12.7. The van der Waals surface area contributed by atoms with E-state index in [4.69, 9.17) is 4.42 Å². The minimum Gasteiger partial charge on any atom is -0.455 e. The number of rotatable bonds is 5. The summed E-state index contributed by atoms with van der Waals surface area (Å²) in [5.41, 5.74) is 1.24. The summed E-state index contributed by atoms with van der Waals surface area (Å²) in [6.45, 7) is 3.72. The summed E-state index contributed by atoms with van der Waals surface area (Å²) in [7, 11) is 0. The molecule has 2 aromatic rings. The molecule has 5 heterocycles. The number of carbonyl (C=O) groups excluding carboxylic acids is 1. The Morgan fingerprint density at radius 3 is 3.00 bits per heavy atom. The molecule has 3 fully saturated rings. The molecule has 0 N–H and O–H groups in total. The third-order valence-electron chi connectivity index (χ3n) is 5.34. The van der Waals surface area contributed by atoms with Crippen LogP contribution >= 0.6 is 11.8 Å². The zero-order valence-corrected chi connectivity index (χ0v) is 16.0. The SMILES string of the molecule is CSCc1ccc(C(=O)N2CC3CCC2CN(Cc2cccnc2)C3)o1. The number of carbonyl (C=O) groups is 1. The van der Waals surface area contributed by atoms with Crippen molar-refractivity contribution in [3.05, 3.63) is 53.7 Å². The van der Waals surface area contributed by atoms with Crippen molar-refractivity contribution in [1.82, 2.24) is 14.8 Å². The third kappa shape index (κ3) is 3.81. The van der Waals surface area contributed by atoms with Crippen LogP contribution in [0, 0.1) is 5.92 Å². The van der Waals surface area contributed by atoms with Gasteiger partial charge in [-0.05, 0) is 48.8 Å². The van der Waals surface area contributed by atoms with Crippen LogP contribution in [0.3, 0.4) is 0 Å². The van der Waals surface area contributed by atoms with Gasteiger partial charge in [-0.2, -0.15) is 11.8 Å². The maximum Gasteiger partial charge on any atom is 0.289 e. The number of hydrogen-bond acceptors (Lipinski definition) is 5. The van der Waals surface area contributed by atoms with Gasteiger partial charge in [-0.1, -0.05) is 6.07 Å². The lowest BCUT2D eigenvalue weighted by Gasteiger charge is -2.35. The molecule has 0 radical (unpaired) electrons. The maximum atomic E-state index is 13.0. The number of fused-ring (bicyclic) bond motifs is 4. The summed E-state index contributed by atoms with van der Waals surface area (Å²) in [6, 6.07) is 8.14. The monoisotopic (exact) mass is 371 g/mol. The quantitative estimate of drug-likeness (QED) is 0.807. The molecule has 2 unspecified atom stereocenters. The van der Waals surface area contributed by atoms with Crippen LogP contribution in [0.5, 0.6) is 0 Å². The molecule has 3 aliphatic rings. The van der Waals surface area contributed by atoms with E-state index in [0.717, 1.165) is 44.1 Å². The van der Waals surface area contributed by atoms with Gasteiger partial charge in [-0.15, -0.1) is 0 Å². The van der Waals surface area contributed by atoms with E-state index in [1.165, 1.54) is 12.0 Å². The zero-order chi connectivity index (χ0) is 17.9. The van der Waals surface area contributed by atoms with E-state index in [2.05, 4.69) is 20.9 Å². The van der Waals surface area contributed by atoms with Crippen LogP contribution in [-0.4, -0.2) is 52.6 Å². The normalized spacial score (nSPS) is 23.2. The van der Waals surface area contributed by atoms with Crippen molar-refractivity contribution in [2.75, 3.05) is 25.9 Å². The van der Waals surface area contributed by atoms with Crippen molar-refractivity contribution in [2.24, 2.45) is 5.92 Å². The largest absolute Gasteiger partial charge is 0.455 e. The molecule has 2 bridgehead atoms. The van der Waals surface area contributed by atoms with Gasteiger partial charge >= 0.3 is 0 Å². The number of pyridine rings is 1. The predicted molar refractivity (Wildman–Crippen MR) is 103 cm³/mol. The molecule has 0 aromatic carbocycles. The smallest absolute Gasteiger partial charge is 0.289 e. The first kappa shape index (κ1) is 17.6. The second-order valence-corrected chi connectivity index (χ2v) is 8.18. The van der Waals surface area contributed by atoms with Crippen molar-refractivity contribution in [3.8, 4) is 0 Å². The molecular weight excluding hydrogens is 346 g/mol. The van der Waals surface area contributed by atoms with E-state index >= 15 is 0 Å². The highest BCUT2D eigenvalue weighted by atomic mass is 32.2. The van der Waals surface area contributed by atoms with Crippen LogP contribution in [0.4, 0.5) is 0 Å². The van der Waals surface area contributed by atoms with Crippen LogP contribution < -0.4 is 0 Å². The van der Waals surface area contributed by atoms with Crippen molar-refractivity contribution < 1.29 is 9.21 Å². The molecule has 26 heavy (non-hydrogen) atoms. The molecule has 1 amide bonds. The Balaban J connectivity index is 1.46. The van der Waals surface area contributed by atoms with Gasteiger partial charge in [-0.25, -0.2) is 0 Å². The Morgan fingerprint density at radius 1 is 1.27 bits per heavy atom. The van der Waals surface area contributed by atoms with Crippen LogP contribution in [0.25, 0.3) is 0 Å². The highest BCUT2D eigenvalue weighted by Crippen LogP contribution is 2.30. The number of nitrogens with zero attached hydrogens (tertiary/aromatic N) is 3. The molecule has 2 atom stereocenters. The van der Waals surface area contributed by atoms with Gasteiger partial charge in [0.2, 0.25) is 0 Å². The van der Waals surface area contributed by atoms with Crippen molar-refractivity contribution >= 4 is 17.7 Å². The average molecular weight is 372 g/mol. The fraction of sp³-hybridized carbons (Fsp3) is 0.500. The van der Waals surface area contributed by atoms with E-state index in [-0.39, 0.29) is 11.9 Å². The van der Waals surface area contributed by atoms with E-state index in [9.17, 15) is 4.79 Å². The Kier molecular flexibility index (Phi) is 5.31. The molecule has 0 saturated carbocycles. The summed E-state index contributed by atoms with van der Waals surface area (Å²) in [6.07, 6.45) is 8.07. The predicted octanol–water partition coefficient (Wildman–Crippen LogP) is 3.27. The highest BCUT2D eigenvalue weighted by molar-refractivity contribution is 7.97. The van der Waals surface area contributed by atoms with Crippen molar-refractivity contribution in [1.29, 1.82) is 0 Å². The van der Waals surface area contributed by atoms with Crippen LogP contribution in [0.1, 0.15) is 34.7 Å². The van der Waals surface area contributed by atoms with Gasteiger partial charge in [-0.3, -0.25) is 14.7 Å². The van der Waals surface area contributed by atoms with E-state index in [0.29, 0.717) is 11.7 Å². The second kappa shape index (κ2) is 7.84. The summed E-state index contributed by atoms with van der Waals surface area (Å²) >= 11 is 1.70. The molecule has 3 saturated heterocycles.